The number of piperidine rings is 2. The molecular weight excluding hydrogens is 578 g/mol. The van der Waals surface area contributed by atoms with Gasteiger partial charge >= 0.3 is 6.16 Å². The van der Waals surface area contributed by atoms with Crippen LogP contribution >= 0.6 is 0 Å². The number of amides is 2. The number of carbonyl (C=O) groups excluding carboxylic acids is 3. The van der Waals surface area contributed by atoms with Crippen LogP contribution in [-0.2, 0) is 14.3 Å². The van der Waals surface area contributed by atoms with Crippen molar-refractivity contribution in [2.45, 2.75) is 75.8 Å². The number of nitro groups is 1. The first-order valence-corrected chi connectivity index (χ1v) is 15.1. The van der Waals surface area contributed by atoms with Crippen LogP contribution in [-0.4, -0.2) is 59.6 Å². The van der Waals surface area contributed by atoms with Gasteiger partial charge in [0.1, 0.15) is 23.4 Å². The Hall–Kier alpha value is -4.13. The van der Waals surface area contributed by atoms with Crippen molar-refractivity contribution in [3.8, 4) is 5.75 Å². The second kappa shape index (κ2) is 14.1. The van der Waals surface area contributed by atoms with Crippen LogP contribution in [0.4, 0.5) is 25.0 Å². The SMILES string of the molecule is O=C1CCC(Nc2cc(F)c(C3CCN(C4CCC(CCOC(=O)Oc5ccc([N+](=O)[O-])cc5)CC4)CC3)c(F)c2)C(=O)N1. The van der Waals surface area contributed by atoms with Crippen molar-refractivity contribution in [1.82, 2.24) is 10.2 Å². The van der Waals surface area contributed by atoms with E-state index in [1.165, 1.54) is 36.4 Å². The van der Waals surface area contributed by atoms with E-state index in [2.05, 4.69) is 15.5 Å². The summed E-state index contributed by atoms with van der Waals surface area (Å²) in [4.78, 5) is 47.9. The number of hydrogen-bond acceptors (Lipinski definition) is 9. The number of carbonyl (C=O) groups is 3. The quantitative estimate of drug-likeness (QED) is 0.124. The average molecular weight is 615 g/mol. The van der Waals surface area contributed by atoms with Gasteiger partial charge in [-0.3, -0.25) is 25.0 Å². The second-order valence-corrected chi connectivity index (χ2v) is 11.7. The lowest BCUT2D eigenvalue weighted by Crippen LogP contribution is -2.47. The zero-order valence-electron chi connectivity index (χ0n) is 24.3. The molecule has 11 nitrogen and oxygen atoms in total. The van der Waals surface area contributed by atoms with E-state index in [0.717, 1.165) is 45.2 Å². The highest BCUT2D eigenvalue weighted by Crippen LogP contribution is 2.37. The van der Waals surface area contributed by atoms with Crippen molar-refractivity contribution in [2.24, 2.45) is 5.92 Å². The number of imide groups is 1. The Kier molecular flexibility index (Phi) is 10.0. The zero-order chi connectivity index (χ0) is 31.2. The summed E-state index contributed by atoms with van der Waals surface area (Å²) >= 11 is 0. The van der Waals surface area contributed by atoms with Gasteiger partial charge in [0.05, 0.1) is 11.5 Å². The molecule has 1 atom stereocenters. The van der Waals surface area contributed by atoms with E-state index in [9.17, 15) is 24.5 Å². The predicted molar refractivity (Wildman–Crippen MR) is 155 cm³/mol. The van der Waals surface area contributed by atoms with Crippen molar-refractivity contribution >= 4 is 29.3 Å². The number of non-ortho nitro benzene ring substituents is 1. The lowest BCUT2D eigenvalue weighted by molar-refractivity contribution is -0.384. The Morgan fingerprint density at radius 1 is 1.00 bits per heavy atom. The maximum absolute atomic E-state index is 15.1. The molecule has 1 saturated carbocycles. The fourth-order valence-corrected chi connectivity index (χ4v) is 6.51. The van der Waals surface area contributed by atoms with Crippen molar-refractivity contribution in [3.63, 3.8) is 0 Å². The van der Waals surface area contributed by atoms with Crippen LogP contribution in [0.25, 0.3) is 0 Å². The minimum atomic E-state index is -0.844. The molecule has 2 aromatic carbocycles. The minimum absolute atomic E-state index is 0.0919. The molecule has 2 heterocycles. The molecule has 236 valence electrons. The Bertz CT molecular complexity index is 1350. The molecule has 1 aliphatic carbocycles. The first-order chi connectivity index (χ1) is 21.2. The van der Waals surface area contributed by atoms with E-state index in [1.807, 2.05) is 0 Å². The third kappa shape index (κ3) is 7.87. The van der Waals surface area contributed by atoms with E-state index in [4.69, 9.17) is 9.47 Å². The standard InChI is InChI=1S/C31H36F2N4O7/c32-25-17-21(34-27-9-10-28(38)35-30(27)39)18-26(33)29(25)20-11-14-36(15-12-20)22-3-1-19(2-4-22)13-16-43-31(40)44-24-7-5-23(6-8-24)37(41)42/h5-8,17-20,22,27,34H,1-4,9-16H2,(H,35,38,39). The molecule has 1 unspecified atom stereocenters. The molecule has 0 aromatic heterocycles. The van der Waals surface area contributed by atoms with Gasteiger partial charge in [0.25, 0.3) is 5.69 Å². The molecule has 2 aliphatic heterocycles. The van der Waals surface area contributed by atoms with Gasteiger partial charge in [-0.25, -0.2) is 13.6 Å². The molecule has 3 fully saturated rings. The Morgan fingerprint density at radius 2 is 1.66 bits per heavy atom. The second-order valence-electron chi connectivity index (χ2n) is 11.7. The lowest BCUT2D eigenvalue weighted by atomic mass is 9.82. The van der Waals surface area contributed by atoms with Crippen LogP contribution in [0.2, 0.25) is 0 Å². The van der Waals surface area contributed by atoms with E-state index in [1.54, 1.807) is 0 Å². The monoisotopic (exact) mass is 614 g/mol. The normalized spacial score (nSPS) is 23.1. The van der Waals surface area contributed by atoms with E-state index < -0.39 is 34.7 Å². The highest BCUT2D eigenvalue weighted by molar-refractivity contribution is 6.01. The number of halogens is 2. The Labute approximate surface area is 253 Å². The van der Waals surface area contributed by atoms with Crippen molar-refractivity contribution in [2.75, 3.05) is 25.0 Å². The molecule has 44 heavy (non-hydrogen) atoms. The lowest BCUT2D eigenvalue weighted by Gasteiger charge is -2.41. The van der Waals surface area contributed by atoms with Crippen molar-refractivity contribution in [1.29, 1.82) is 0 Å². The fourth-order valence-electron chi connectivity index (χ4n) is 6.51. The summed E-state index contributed by atoms with van der Waals surface area (Å²) in [5.74, 6) is -1.73. The Balaban J connectivity index is 1.02. The molecule has 5 rings (SSSR count). The fraction of sp³-hybridized carbons (Fsp3) is 0.516. The average Bonchev–Trinajstić information content (AvgIpc) is 2.99. The van der Waals surface area contributed by atoms with Crippen molar-refractivity contribution < 1.29 is 37.6 Å². The summed E-state index contributed by atoms with van der Waals surface area (Å²) in [5, 5.41) is 15.8. The molecule has 3 aliphatic rings. The van der Waals surface area contributed by atoms with Crippen LogP contribution in [0.15, 0.2) is 36.4 Å². The number of nitrogens with zero attached hydrogens (tertiary/aromatic N) is 2. The third-order valence-electron chi connectivity index (χ3n) is 8.92. The summed E-state index contributed by atoms with van der Waals surface area (Å²) in [7, 11) is 0. The molecule has 0 bridgehead atoms. The number of nitrogens with one attached hydrogen (secondary N) is 2. The smallest absolute Gasteiger partial charge is 0.434 e. The molecule has 2 aromatic rings. The van der Waals surface area contributed by atoms with E-state index in [-0.39, 0.29) is 54.0 Å². The zero-order valence-corrected chi connectivity index (χ0v) is 24.3. The first kappa shape index (κ1) is 31.3. The molecule has 2 saturated heterocycles. The number of benzene rings is 2. The molecule has 13 heteroatoms. The molecule has 2 N–H and O–H groups in total. The van der Waals surface area contributed by atoms with Crippen LogP contribution in [0.5, 0.6) is 5.75 Å². The van der Waals surface area contributed by atoms with Gasteiger partial charge in [-0.1, -0.05) is 0 Å². The van der Waals surface area contributed by atoms with Gasteiger partial charge in [-0.15, -0.1) is 0 Å². The van der Waals surface area contributed by atoms with Gasteiger partial charge in [-0.2, -0.15) is 0 Å². The number of ether oxygens (including phenoxy) is 2. The van der Waals surface area contributed by atoms with Gasteiger partial charge in [0, 0.05) is 35.8 Å². The highest BCUT2D eigenvalue weighted by atomic mass is 19.1. The predicted octanol–water partition coefficient (Wildman–Crippen LogP) is 5.43. The van der Waals surface area contributed by atoms with Gasteiger partial charge < -0.3 is 19.7 Å². The first-order valence-electron chi connectivity index (χ1n) is 15.1. The number of likely N-dealkylation sites (tertiary alicyclic amines) is 1. The minimum Gasteiger partial charge on any atom is -0.434 e. The third-order valence-corrected chi connectivity index (χ3v) is 8.92. The van der Waals surface area contributed by atoms with Gasteiger partial charge in [0.2, 0.25) is 11.8 Å². The summed E-state index contributed by atoms with van der Waals surface area (Å²) in [6.07, 6.45) is 5.62. The summed E-state index contributed by atoms with van der Waals surface area (Å²) in [6.45, 7) is 1.74. The van der Waals surface area contributed by atoms with E-state index >= 15 is 8.78 Å². The summed E-state index contributed by atoms with van der Waals surface area (Å²) in [6, 6.07) is 7.35. The molecule has 0 radical (unpaired) electrons. The Morgan fingerprint density at radius 3 is 2.27 bits per heavy atom. The van der Waals surface area contributed by atoms with Crippen LogP contribution in [0.3, 0.4) is 0 Å². The maximum atomic E-state index is 15.1. The highest BCUT2D eigenvalue weighted by Gasteiger charge is 2.32. The van der Waals surface area contributed by atoms with Gasteiger partial charge in [-0.05, 0) is 101 Å². The summed E-state index contributed by atoms with van der Waals surface area (Å²) in [5.41, 5.74) is 0.176. The van der Waals surface area contributed by atoms with Crippen LogP contribution < -0.4 is 15.4 Å². The van der Waals surface area contributed by atoms with E-state index in [0.29, 0.717) is 24.8 Å². The molecule has 2 amide bonds. The van der Waals surface area contributed by atoms with Gasteiger partial charge in [0.15, 0.2) is 0 Å². The topological polar surface area (TPSA) is 140 Å². The van der Waals surface area contributed by atoms with Crippen LogP contribution in [0.1, 0.15) is 69.3 Å². The number of anilines is 1. The number of nitro benzene ring substituents is 1. The number of rotatable bonds is 9. The van der Waals surface area contributed by atoms with Crippen LogP contribution in [0, 0.1) is 27.7 Å². The number of hydrogen-bond donors (Lipinski definition) is 2. The molecule has 0 spiro atoms. The largest absolute Gasteiger partial charge is 0.513 e. The maximum Gasteiger partial charge on any atom is 0.513 e. The molecular formula is C31H36F2N4O7. The summed E-state index contributed by atoms with van der Waals surface area (Å²) < 4.78 is 40.5. The van der Waals surface area contributed by atoms with Crippen molar-refractivity contribution in [3.05, 3.63) is 63.7 Å².